The first kappa shape index (κ1) is 70.8. The van der Waals surface area contributed by atoms with E-state index in [0.717, 1.165) is 32.1 Å². The second-order valence-electron chi connectivity index (χ2n) is 23.0. The molecule has 85 heavy (non-hydrogen) atoms. The molecule has 2 unspecified atom stereocenters. The number of rotatable bonds is 16. The van der Waals surface area contributed by atoms with Gasteiger partial charge < -0.3 is 60.7 Å². The zero-order chi connectivity index (χ0) is 63.2. The van der Waals surface area contributed by atoms with Crippen LogP contribution in [-0.2, 0) is 57.2 Å². The second-order valence-corrected chi connectivity index (χ2v) is 23.0. The lowest BCUT2D eigenvalue weighted by molar-refractivity contribution is -0.120. The quantitative estimate of drug-likeness (QED) is 0.0483. The minimum atomic E-state index is -1.03. The van der Waals surface area contributed by atoms with Crippen LogP contribution in [0.2, 0.25) is 0 Å². The van der Waals surface area contributed by atoms with Crippen LogP contribution in [0.3, 0.4) is 0 Å². The van der Waals surface area contributed by atoms with Gasteiger partial charge in [-0.2, -0.15) is 0 Å². The zero-order valence-corrected chi connectivity index (χ0v) is 51.7. The van der Waals surface area contributed by atoms with Gasteiger partial charge in [0.1, 0.15) is 12.2 Å². The summed E-state index contributed by atoms with van der Waals surface area (Å²) >= 11 is 0. The van der Waals surface area contributed by atoms with Gasteiger partial charge in [-0.25, -0.2) is 9.59 Å². The molecule has 4 amide bonds. The van der Waals surface area contributed by atoms with E-state index in [9.17, 15) is 48.6 Å². The number of unbranched alkanes of at least 4 members (excludes halogenated alkanes) is 6. The van der Waals surface area contributed by atoms with E-state index in [1.54, 1.807) is 78.0 Å². The van der Waals surface area contributed by atoms with E-state index in [1.807, 2.05) is 13.8 Å². The summed E-state index contributed by atoms with van der Waals surface area (Å²) in [5, 5.41) is 28.5. The number of nitrogens with one attached hydrogen (secondary N) is 2. The van der Waals surface area contributed by atoms with Crippen molar-refractivity contribution in [3.05, 3.63) is 117 Å². The van der Waals surface area contributed by atoms with E-state index in [4.69, 9.17) is 39.9 Å². The molecule has 8 N–H and O–H groups in total. The van der Waals surface area contributed by atoms with Crippen molar-refractivity contribution in [1.29, 1.82) is 0 Å². The summed E-state index contributed by atoms with van der Waals surface area (Å²) in [6, 6.07) is 0. The number of ether oxygens (including phenoxy) is 6. The smallest absolute Gasteiger partial charge is 0.405 e. The number of hydrogen-bond donors (Lipinski definition) is 6. The highest BCUT2D eigenvalue weighted by Gasteiger charge is 2.36. The van der Waals surface area contributed by atoms with E-state index in [-0.39, 0.29) is 58.8 Å². The van der Waals surface area contributed by atoms with Crippen LogP contribution in [-0.4, -0.2) is 135 Å². The highest BCUT2D eigenvalue weighted by atomic mass is 16.6. The fraction of sp³-hybridized carbons (Fsp3) is 0.569. The van der Waals surface area contributed by atoms with Gasteiger partial charge in [0.15, 0.2) is 23.8 Å². The van der Waals surface area contributed by atoms with E-state index >= 15 is 0 Å². The Morgan fingerprint density at radius 2 is 0.882 bits per heavy atom. The first-order valence-corrected chi connectivity index (χ1v) is 29.4. The van der Waals surface area contributed by atoms with Gasteiger partial charge in [0.2, 0.25) is 11.6 Å². The molecular weight excluding hydrogens is 1090 g/mol. The summed E-state index contributed by atoms with van der Waals surface area (Å²) in [6.07, 6.45) is 12.9. The van der Waals surface area contributed by atoms with Crippen LogP contribution in [0, 0.1) is 23.7 Å². The van der Waals surface area contributed by atoms with Crippen molar-refractivity contribution in [3.63, 3.8) is 0 Å². The van der Waals surface area contributed by atoms with Crippen LogP contribution in [0.5, 0.6) is 0 Å². The molecule has 2 aliphatic heterocycles. The molecule has 4 bridgehead atoms. The number of nitrogens with two attached hydrogens (primary N) is 2. The molecule has 0 saturated carbocycles. The molecule has 0 aromatic heterocycles. The fourth-order valence-corrected chi connectivity index (χ4v) is 11.3. The molecule has 0 saturated heterocycles. The number of Topliss-reactive ketones (excluding diaryl/α,β-unsaturated/α-hetero) is 2. The Kier molecular flexibility index (Phi) is 28.7. The SMILES string of the molecule is COC1/C=C\C=C(/C)C(=O)NC2=CC(=O)C(CCCCCCCCCC3=C4C[C@@H](C)C[C@H](OC)[C@H](O)[C@@H](C)/C=C(\C)C(OC(N)=O)[C@@H](OC)/C=C\C=C(/C)C(=O)NC(=CC3=O)C4=O)=C(C[C@@H](C)C[C@H](OC)[C@H](O)[C@@H](C)/C=C(\C)[C@@H]1OC(N)=O)C2=O. The Balaban J connectivity index is 1.48. The third kappa shape index (κ3) is 20.8. The van der Waals surface area contributed by atoms with E-state index in [1.165, 1.54) is 52.7 Å². The maximum atomic E-state index is 14.3. The molecule has 20 heteroatoms. The number of methoxy groups -OCH3 is 4. The highest BCUT2D eigenvalue weighted by Crippen LogP contribution is 2.34. The Labute approximate surface area is 501 Å². The van der Waals surface area contributed by atoms with Crippen molar-refractivity contribution in [2.45, 2.75) is 188 Å². The molecule has 0 radical (unpaired) electrons. The maximum Gasteiger partial charge on any atom is 0.405 e. The van der Waals surface area contributed by atoms with Gasteiger partial charge in [-0.1, -0.05) is 108 Å². The molecular formula is C65H92N4O16. The van der Waals surface area contributed by atoms with Gasteiger partial charge in [0.25, 0.3) is 11.8 Å². The van der Waals surface area contributed by atoms with Crippen molar-refractivity contribution in [2.24, 2.45) is 35.1 Å². The topological polar surface area (TPSA) is 308 Å². The van der Waals surface area contributed by atoms with Crippen LogP contribution in [0.15, 0.2) is 117 Å². The number of amides is 4. The molecule has 0 aromatic carbocycles. The number of aliphatic hydroxyl groups is 2. The van der Waals surface area contributed by atoms with Gasteiger partial charge in [0.05, 0.1) is 35.8 Å². The van der Waals surface area contributed by atoms with Crippen molar-refractivity contribution >= 4 is 47.1 Å². The lowest BCUT2D eigenvalue weighted by Gasteiger charge is -2.30. The first-order valence-electron chi connectivity index (χ1n) is 29.4. The number of fused-ring (bicyclic) bond motifs is 4. The molecule has 0 spiro atoms. The van der Waals surface area contributed by atoms with Gasteiger partial charge in [-0.3, -0.25) is 28.8 Å². The number of allylic oxidation sites excluding steroid dienone is 10. The van der Waals surface area contributed by atoms with Gasteiger partial charge in [0, 0.05) is 85.9 Å². The average Bonchev–Trinajstić information content (AvgIpc) is 3.61. The van der Waals surface area contributed by atoms with Crippen molar-refractivity contribution < 1.29 is 77.0 Å². The minimum Gasteiger partial charge on any atom is -0.439 e. The standard InChI is InChI=1S/C65H92N4O16/c1-36-28-46-44(50(70)34-48(58(46)74)68-62(76)38(3)22-20-26-52(80-9)60(84-64(66)78)42(7)32-40(5)56(72)54(30-36)82-11)24-18-16-14-13-15-17-19-25-45-47-29-37(2)31-55(83-12)57(73)41(6)33-43(8)61(85-65(67)79)53(81-10)27-21-23-39(4)63(77)69-49(59(47)75)35-51(45)71/h20-23,26-27,32-37,40-41,52-57,60-61,72-73H,13-19,24-25,28-31H2,1-12H3,(H2,66,78)(H2,67,79)(H,68,76)(H,69,77)/b26-20-,27-21-,38-22+,39-23+,42-32+,43-33+/t36-,37-,40+,41+,52+,53?,54+,55+,56-,57-,60?,61+/m1/s1. The number of hydrogen-bond acceptors (Lipinski definition) is 16. The number of carbonyl (C=O) groups is 8. The number of aliphatic hydroxyl groups excluding tert-OH is 2. The molecule has 4 aliphatic rings. The molecule has 2 aliphatic carbocycles. The third-order valence-electron chi connectivity index (χ3n) is 16.2. The van der Waals surface area contributed by atoms with Crippen molar-refractivity contribution in [2.75, 3.05) is 28.4 Å². The first-order chi connectivity index (χ1) is 40.3. The molecule has 2 heterocycles. The van der Waals surface area contributed by atoms with Crippen LogP contribution in [0.25, 0.3) is 0 Å². The van der Waals surface area contributed by atoms with E-state index in [2.05, 4.69) is 10.6 Å². The Bertz CT molecular complexity index is 2590. The van der Waals surface area contributed by atoms with Crippen molar-refractivity contribution in [1.82, 2.24) is 10.6 Å². The summed E-state index contributed by atoms with van der Waals surface area (Å²) < 4.78 is 33.8. The predicted molar refractivity (Wildman–Crippen MR) is 321 cm³/mol. The van der Waals surface area contributed by atoms with E-state index in [0.29, 0.717) is 72.0 Å². The number of carbonyl (C=O) groups excluding carboxylic acids is 8. The van der Waals surface area contributed by atoms with Crippen LogP contribution >= 0.6 is 0 Å². The third-order valence-corrected chi connectivity index (χ3v) is 16.2. The summed E-state index contributed by atoms with van der Waals surface area (Å²) in [7, 11) is 5.82. The Morgan fingerprint density at radius 1 is 0.541 bits per heavy atom. The Hall–Kier alpha value is -6.68. The monoisotopic (exact) mass is 1180 g/mol. The summed E-state index contributed by atoms with van der Waals surface area (Å²) in [6.45, 7) is 14.0. The predicted octanol–water partition coefficient (Wildman–Crippen LogP) is 8.13. The van der Waals surface area contributed by atoms with Gasteiger partial charge in [-0.05, 0) is 102 Å². The number of ketones is 4. The summed E-state index contributed by atoms with van der Waals surface area (Å²) in [5.74, 6) is -4.39. The van der Waals surface area contributed by atoms with Crippen LogP contribution < -0.4 is 22.1 Å². The lowest BCUT2D eigenvalue weighted by Crippen LogP contribution is -2.37. The second kappa shape index (κ2) is 34.5. The summed E-state index contributed by atoms with van der Waals surface area (Å²) in [5.41, 5.74) is 13.5. The van der Waals surface area contributed by atoms with Crippen molar-refractivity contribution in [3.8, 4) is 0 Å². The fourth-order valence-electron chi connectivity index (χ4n) is 11.3. The lowest BCUT2D eigenvalue weighted by atomic mass is 9.82. The van der Waals surface area contributed by atoms with Gasteiger partial charge in [-0.15, -0.1) is 0 Å². The average molecular weight is 1190 g/mol. The zero-order valence-electron chi connectivity index (χ0n) is 51.7. The summed E-state index contributed by atoms with van der Waals surface area (Å²) in [4.78, 5) is 107. The molecule has 468 valence electrons. The largest absolute Gasteiger partial charge is 0.439 e. The normalized spacial score (nSPS) is 31.8. The highest BCUT2D eigenvalue weighted by molar-refractivity contribution is 6.24. The molecule has 20 nitrogen and oxygen atoms in total. The minimum absolute atomic E-state index is 0.139. The maximum absolute atomic E-state index is 14.3. The molecule has 0 aromatic rings. The molecule has 4 rings (SSSR count). The van der Waals surface area contributed by atoms with Gasteiger partial charge >= 0.3 is 12.2 Å². The van der Waals surface area contributed by atoms with E-state index < -0.39 is 96.2 Å². The molecule has 0 fully saturated rings. The molecule has 12 atom stereocenters. The number of primary amides is 2. The van der Waals surface area contributed by atoms with Crippen LogP contribution in [0.1, 0.15) is 139 Å². The Morgan fingerprint density at radius 3 is 1.20 bits per heavy atom. The van der Waals surface area contributed by atoms with Crippen LogP contribution in [0.4, 0.5) is 9.59 Å².